The predicted octanol–water partition coefficient (Wildman–Crippen LogP) is 1.19. The van der Waals surface area contributed by atoms with Gasteiger partial charge in [0.05, 0.1) is 11.6 Å². The summed E-state index contributed by atoms with van der Waals surface area (Å²) in [5, 5.41) is 21.8. The molecule has 4 heteroatoms. The Morgan fingerprint density at radius 1 is 1.36 bits per heavy atom. The molecule has 0 aromatic carbocycles. The summed E-state index contributed by atoms with van der Waals surface area (Å²) in [6, 6.07) is 0.373. The minimum Gasteiger partial charge on any atom is -0.510 e. The summed E-state index contributed by atoms with van der Waals surface area (Å²) in [5.74, 6) is -0.930. The fraction of sp³-hybridized carbons (Fsp3) is 0.700. The van der Waals surface area contributed by atoms with Crippen LogP contribution in [-0.2, 0) is 4.79 Å². The van der Waals surface area contributed by atoms with Crippen LogP contribution < -0.4 is 5.32 Å². The Hall–Kier alpha value is -1.03. The maximum absolute atomic E-state index is 10.8. The van der Waals surface area contributed by atoms with Gasteiger partial charge in [0.1, 0.15) is 5.76 Å². The molecule has 0 spiro atoms. The zero-order chi connectivity index (χ0) is 10.1. The molecule has 0 aliphatic heterocycles. The van der Waals surface area contributed by atoms with Crippen LogP contribution >= 0.6 is 0 Å². The summed E-state index contributed by atoms with van der Waals surface area (Å²) >= 11 is 0. The second-order valence-electron chi connectivity index (χ2n) is 4.05. The second kappa shape index (κ2) is 3.61. The van der Waals surface area contributed by atoms with Crippen LogP contribution in [0.4, 0.5) is 0 Å². The van der Waals surface area contributed by atoms with E-state index in [1.165, 1.54) is 0 Å². The SMILES string of the molecule is O=C(O)C1=C(O)C(NC2CC2)CCC1. The molecule has 14 heavy (non-hydrogen) atoms. The third-order valence-electron chi connectivity index (χ3n) is 2.83. The van der Waals surface area contributed by atoms with E-state index in [1.807, 2.05) is 0 Å². The lowest BCUT2D eigenvalue weighted by atomic mass is 9.93. The standard InChI is InChI=1S/C10H15NO3/c12-9-7(10(13)14)2-1-3-8(9)11-6-4-5-6/h6,8,11-12H,1-5H2,(H,13,14). The van der Waals surface area contributed by atoms with Gasteiger partial charge < -0.3 is 15.5 Å². The molecule has 1 saturated carbocycles. The first kappa shape index (κ1) is 9.52. The number of aliphatic hydroxyl groups excluding tert-OH is 1. The third kappa shape index (κ3) is 1.90. The zero-order valence-electron chi connectivity index (χ0n) is 7.99. The lowest BCUT2D eigenvalue weighted by Gasteiger charge is -2.23. The number of aliphatic hydroxyl groups is 1. The summed E-state index contributed by atoms with van der Waals surface area (Å²) < 4.78 is 0. The average Bonchev–Trinajstić information content (AvgIpc) is 2.92. The highest BCUT2D eigenvalue weighted by molar-refractivity contribution is 5.87. The molecule has 3 N–H and O–H groups in total. The maximum atomic E-state index is 10.8. The first-order valence-corrected chi connectivity index (χ1v) is 5.10. The molecule has 1 atom stereocenters. The van der Waals surface area contributed by atoms with Gasteiger partial charge in [-0.1, -0.05) is 0 Å². The quantitative estimate of drug-likeness (QED) is 0.635. The molecule has 2 rings (SSSR count). The van der Waals surface area contributed by atoms with Gasteiger partial charge in [0.2, 0.25) is 0 Å². The minimum absolute atomic E-state index is 0.0515. The van der Waals surface area contributed by atoms with Crippen LogP contribution in [0.15, 0.2) is 11.3 Å². The van der Waals surface area contributed by atoms with Crippen molar-refractivity contribution in [3.05, 3.63) is 11.3 Å². The normalized spacial score (nSPS) is 27.9. The van der Waals surface area contributed by atoms with E-state index in [0.717, 1.165) is 25.7 Å². The molecule has 0 amide bonds. The van der Waals surface area contributed by atoms with Gasteiger partial charge in [-0.05, 0) is 32.1 Å². The van der Waals surface area contributed by atoms with Crippen molar-refractivity contribution in [1.29, 1.82) is 0 Å². The Bertz CT molecular complexity index is 281. The molecule has 0 aromatic rings. The van der Waals surface area contributed by atoms with Crippen LogP contribution in [0.3, 0.4) is 0 Å². The third-order valence-corrected chi connectivity index (χ3v) is 2.83. The highest BCUT2D eigenvalue weighted by atomic mass is 16.4. The Morgan fingerprint density at radius 2 is 2.07 bits per heavy atom. The first-order chi connectivity index (χ1) is 6.68. The Balaban J connectivity index is 2.08. The van der Waals surface area contributed by atoms with Gasteiger partial charge in [0.25, 0.3) is 0 Å². The smallest absolute Gasteiger partial charge is 0.335 e. The number of nitrogens with one attached hydrogen (secondary N) is 1. The Kier molecular flexibility index (Phi) is 2.46. The first-order valence-electron chi connectivity index (χ1n) is 5.10. The zero-order valence-corrected chi connectivity index (χ0v) is 7.99. The highest BCUT2D eigenvalue weighted by Crippen LogP contribution is 2.27. The second-order valence-corrected chi connectivity index (χ2v) is 4.05. The molecule has 0 bridgehead atoms. The van der Waals surface area contributed by atoms with Gasteiger partial charge in [-0.15, -0.1) is 0 Å². The van der Waals surface area contributed by atoms with E-state index in [0.29, 0.717) is 12.5 Å². The van der Waals surface area contributed by atoms with Crippen molar-refractivity contribution >= 4 is 5.97 Å². The van der Waals surface area contributed by atoms with Crippen LogP contribution in [-0.4, -0.2) is 28.3 Å². The van der Waals surface area contributed by atoms with Gasteiger partial charge in [-0.3, -0.25) is 0 Å². The van der Waals surface area contributed by atoms with Crippen LogP contribution in [0, 0.1) is 0 Å². The van der Waals surface area contributed by atoms with Crippen LogP contribution in [0.2, 0.25) is 0 Å². The fourth-order valence-corrected chi connectivity index (χ4v) is 1.87. The largest absolute Gasteiger partial charge is 0.510 e. The van der Waals surface area contributed by atoms with Gasteiger partial charge >= 0.3 is 5.97 Å². The van der Waals surface area contributed by atoms with Crippen molar-refractivity contribution in [3.8, 4) is 0 Å². The molecule has 1 unspecified atom stereocenters. The van der Waals surface area contributed by atoms with Crippen molar-refractivity contribution in [2.75, 3.05) is 0 Å². The number of rotatable bonds is 3. The lowest BCUT2D eigenvalue weighted by Crippen LogP contribution is -2.36. The van der Waals surface area contributed by atoms with Crippen molar-refractivity contribution in [1.82, 2.24) is 5.32 Å². The van der Waals surface area contributed by atoms with E-state index in [2.05, 4.69) is 5.32 Å². The molecule has 4 nitrogen and oxygen atoms in total. The Labute approximate surface area is 82.6 Å². The fourth-order valence-electron chi connectivity index (χ4n) is 1.87. The monoisotopic (exact) mass is 197 g/mol. The van der Waals surface area contributed by atoms with Gasteiger partial charge in [-0.25, -0.2) is 4.79 Å². The number of aliphatic carboxylic acids is 1. The lowest BCUT2D eigenvalue weighted by molar-refractivity contribution is -0.133. The molecule has 0 aromatic heterocycles. The van der Waals surface area contributed by atoms with E-state index in [-0.39, 0.29) is 17.4 Å². The van der Waals surface area contributed by atoms with Crippen LogP contribution in [0.25, 0.3) is 0 Å². The van der Waals surface area contributed by atoms with E-state index >= 15 is 0 Å². The molecule has 0 radical (unpaired) electrons. The summed E-state index contributed by atoms with van der Waals surface area (Å²) in [5.41, 5.74) is 0.189. The molecular weight excluding hydrogens is 182 g/mol. The average molecular weight is 197 g/mol. The molecule has 2 aliphatic rings. The molecular formula is C10H15NO3. The highest BCUT2D eigenvalue weighted by Gasteiger charge is 2.31. The summed E-state index contributed by atoms with van der Waals surface area (Å²) in [4.78, 5) is 10.8. The number of carboxylic acids is 1. The molecule has 2 aliphatic carbocycles. The molecule has 78 valence electrons. The summed E-state index contributed by atoms with van der Waals surface area (Å²) in [6.07, 6.45) is 4.47. The minimum atomic E-state index is -0.982. The van der Waals surface area contributed by atoms with E-state index < -0.39 is 5.97 Å². The van der Waals surface area contributed by atoms with Crippen molar-refractivity contribution in [3.63, 3.8) is 0 Å². The van der Waals surface area contributed by atoms with Crippen molar-refractivity contribution in [2.45, 2.75) is 44.2 Å². The summed E-state index contributed by atoms with van der Waals surface area (Å²) in [7, 11) is 0. The Morgan fingerprint density at radius 3 is 2.64 bits per heavy atom. The number of carbonyl (C=O) groups is 1. The van der Waals surface area contributed by atoms with Crippen LogP contribution in [0.1, 0.15) is 32.1 Å². The van der Waals surface area contributed by atoms with Gasteiger partial charge in [0.15, 0.2) is 0 Å². The van der Waals surface area contributed by atoms with E-state index in [9.17, 15) is 9.90 Å². The molecule has 1 fully saturated rings. The maximum Gasteiger partial charge on any atom is 0.335 e. The predicted molar refractivity (Wildman–Crippen MR) is 51.1 cm³/mol. The van der Waals surface area contributed by atoms with Crippen molar-refractivity contribution in [2.24, 2.45) is 0 Å². The number of carboxylic acid groups (broad SMARTS) is 1. The van der Waals surface area contributed by atoms with Gasteiger partial charge in [0, 0.05) is 6.04 Å². The van der Waals surface area contributed by atoms with Crippen molar-refractivity contribution < 1.29 is 15.0 Å². The molecule has 0 heterocycles. The molecule has 0 saturated heterocycles. The number of hydrogen-bond donors (Lipinski definition) is 3. The van der Waals surface area contributed by atoms with E-state index in [4.69, 9.17) is 5.11 Å². The van der Waals surface area contributed by atoms with E-state index in [1.54, 1.807) is 0 Å². The number of hydrogen-bond acceptors (Lipinski definition) is 3. The topological polar surface area (TPSA) is 69.6 Å². The summed E-state index contributed by atoms with van der Waals surface area (Å²) in [6.45, 7) is 0. The van der Waals surface area contributed by atoms with Crippen LogP contribution in [0.5, 0.6) is 0 Å². The van der Waals surface area contributed by atoms with Gasteiger partial charge in [-0.2, -0.15) is 0 Å².